The number of rotatable bonds is 6. The molecule has 1 unspecified atom stereocenters. The van der Waals surface area contributed by atoms with Crippen molar-refractivity contribution < 1.29 is 14.4 Å². The van der Waals surface area contributed by atoms with Gasteiger partial charge in [0.05, 0.1) is 6.04 Å². The van der Waals surface area contributed by atoms with Gasteiger partial charge in [0.2, 0.25) is 5.91 Å². The monoisotopic (exact) mass is 334 g/mol. The summed E-state index contributed by atoms with van der Waals surface area (Å²) in [6.07, 6.45) is 3.50. The molecule has 2 heterocycles. The molecule has 3 rings (SSSR count). The predicted octanol–water partition coefficient (Wildman–Crippen LogP) is 0.196. The van der Waals surface area contributed by atoms with Gasteiger partial charge in [0.15, 0.2) is 0 Å². The van der Waals surface area contributed by atoms with E-state index in [1.165, 1.54) is 6.33 Å². The molecular weight excluding hydrogens is 312 g/mol. The molecule has 4 amide bonds. The minimum absolute atomic E-state index is 0.242. The van der Waals surface area contributed by atoms with Gasteiger partial charge in [-0.15, -0.1) is 0 Å². The Morgan fingerprint density at radius 1 is 1.46 bits per heavy atom. The number of aryl methyl sites for hydroxylation is 1. The zero-order valence-corrected chi connectivity index (χ0v) is 14.1. The van der Waals surface area contributed by atoms with Gasteiger partial charge >= 0.3 is 6.03 Å². The fourth-order valence-electron chi connectivity index (χ4n) is 2.90. The van der Waals surface area contributed by atoms with Crippen molar-refractivity contribution >= 4 is 17.8 Å². The molecule has 1 saturated heterocycles. The van der Waals surface area contributed by atoms with Crippen molar-refractivity contribution in [3.05, 3.63) is 12.2 Å². The second-order valence-electron chi connectivity index (χ2n) is 6.76. The second kappa shape index (κ2) is 5.88. The highest BCUT2D eigenvalue weighted by atomic mass is 16.2. The molecule has 2 N–H and O–H groups in total. The van der Waals surface area contributed by atoms with Crippen LogP contribution >= 0.6 is 0 Å². The van der Waals surface area contributed by atoms with Gasteiger partial charge in [-0.3, -0.25) is 14.5 Å². The van der Waals surface area contributed by atoms with E-state index in [-0.39, 0.29) is 18.5 Å². The first-order chi connectivity index (χ1) is 11.3. The number of carbonyl (C=O) groups is 3. The number of hydrogen-bond donors (Lipinski definition) is 2. The third-order valence-electron chi connectivity index (χ3n) is 4.38. The molecule has 1 aliphatic carbocycles. The Bertz CT molecular complexity index is 679. The Labute approximate surface area is 139 Å². The van der Waals surface area contributed by atoms with E-state index in [1.807, 2.05) is 6.92 Å². The second-order valence-corrected chi connectivity index (χ2v) is 6.76. The van der Waals surface area contributed by atoms with Gasteiger partial charge in [-0.1, -0.05) is 0 Å². The predicted molar refractivity (Wildman–Crippen MR) is 83.6 cm³/mol. The van der Waals surface area contributed by atoms with Crippen LogP contribution in [0.3, 0.4) is 0 Å². The quantitative estimate of drug-likeness (QED) is 0.722. The van der Waals surface area contributed by atoms with E-state index in [0.717, 1.165) is 17.7 Å². The number of hydrogen-bond acceptors (Lipinski definition) is 5. The van der Waals surface area contributed by atoms with Crippen LogP contribution in [0.5, 0.6) is 0 Å². The maximum atomic E-state index is 12.4. The summed E-state index contributed by atoms with van der Waals surface area (Å²) in [6, 6.07) is -0.784. The van der Waals surface area contributed by atoms with Gasteiger partial charge in [-0.2, -0.15) is 5.10 Å². The van der Waals surface area contributed by atoms with Crippen LogP contribution in [0.1, 0.15) is 45.5 Å². The molecule has 9 nitrogen and oxygen atoms in total. The van der Waals surface area contributed by atoms with Crippen LogP contribution in [0, 0.1) is 5.92 Å². The third kappa shape index (κ3) is 2.98. The summed E-state index contributed by atoms with van der Waals surface area (Å²) in [5.41, 5.74) is -0.977. The van der Waals surface area contributed by atoms with E-state index in [0.29, 0.717) is 18.3 Å². The Hall–Kier alpha value is -2.45. The van der Waals surface area contributed by atoms with Gasteiger partial charge in [0, 0.05) is 6.54 Å². The van der Waals surface area contributed by atoms with Crippen molar-refractivity contribution in [2.45, 2.75) is 51.7 Å². The van der Waals surface area contributed by atoms with Crippen molar-refractivity contribution in [3.8, 4) is 0 Å². The normalized spacial score (nSPS) is 20.9. The number of imide groups is 1. The molecule has 130 valence electrons. The van der Waals surface area contributed by atoms with Gasteiger partial charge in [-0.25, -0.2) is 14.5 Å². The lowest BCUT2D eigenvalue weighted by atomic mass is 10.1. The number of carbonyl (C=O) groups excluding carboxylic acids is 3. The largest absolute Gasteiger partial charge is 0.344 e. The zero-order valence-electron chi connectivity index (χ0n) is 14.1. The Kier molecular flexibility index (Phi) is 4.02. The molecule has 1 aromatic rings. The summed E-state index contributed by atoms with van der Waals surface area (Å²) >= 11 is 0. The molecule has 1 saturated carbocycles. The highest BCUT2D eigenvalue weighted by molar-refractivity contribution is 6.08. The van der Waals surface area contributed by atoms with Crippen molar-refractivity contribution in [3.63, 3.8) is 0 Å². The van der Waals surface area contributed by atoms with E-state index in [2.05, 4.69) is 20.7 Å². The lowest BCUT2D eigenvalue weighted by molar-refractivity contribution is -0.134. The van der Waals surface area contributed by atoms with Crippen molar-refractivity contribution in [1.29, 1.82) is 0 Å². The summed E-state index contributed by atoms with van der Waals surface area (Å²) < 4.78 is 1.75. The number of nitrogens with one attached hydrogen (secondary N) is 2. The fourth-order valence-corrected chi connectivity index (χ4v) is 2.90. The van der Waals surface area contributed by atoms with E-state index < -0.39 is 17.5 Å². The van der Waals surface area contributed by atoms with Crippen LogP contribution in [-0.2, 0) is 16.1 Å². The van der Waals surface area contributed by atoms with Crippen molar-refractivity contribution in [2.24, 2.45) is 5.92 Å². The molecule has 9 heteroatoms. The van der Waals surface area contributed by atoms with Crippen LogP contribution in [-0.4, -0.2) is 49.6 Å². The summed E-state index contributed by atoms with van der Waals surface area (Å²) in [6.45, 7) is 5.55. The zero-order chi connectivity index (χ0) is 17.5. The van der Waals surface area contributed by atoms with Crippen molar-refractivity contribution in [2.75, 3.05) is 6.54 Å². The molecule has 24 heavy (non-hydrogen) atoms. The molecule has 0 radical (unpaired) electrons. The van der Waals surface area contributed by atoms with Crippen LogP contribution < -0.4 is 10.6 Å². The number of amides is 4. The van der Waals surface area contributed by atoms with Gasteiger partial charge in [0.25, 0.3) is 5.91 Å². The standard InChI is InChI=1S/C15H22N6O3/c1-4-21-12(16-8-17-21)11(9-5-6-9)18-10(22)7-20-13(23)15(2,3)19-14(20)24/h8-9,11H,4-7H2,1-3H3,(H,18,22)(H,19,24). The first kappa shape index (κ1) is 16.4. The lowest BCUT2D eigenvalue weighted by Gasteiger charge is -2.20. The van der Waals surface area contributed by atoms with Crippen LogP contribution in [0.25, 0.3) is 0 Å². The first-order valence-corrected chi connectivity index (χ1v) is 8.14. The van der Waals surface area contributed by atoms with E-state index in [9.17, 15) is 14.4 Å². The highest BCUT2D eigenvalue weighted by Gasteiger charge is 2.45. The number of aromatic nitrogens is 3. The highest BCUT2D eigenvalue weighted by Crippen LogP contribution is 2.40. The molecular formula is C15H22N6O3. The van der Waals surface area contributed by atoms with Gasteiger partial charge in [-0.05, 0) is 39.5 Å². The Morgan fingerprint density at radius 3 is 2.71 bits per heavy atom. The fraction of sp³-hybridized carbons (Fsp3) is 0.667. The summed E-state index contributed by atoms with van der Waals surface area (Å²) in [5.74, 6) is 0.259. The van der Waals surface area contributed by atoms with E-state index >= 15 is 0 Å². The minimum atomic E-state index is -0.977. The van der Waals surface area contributed by atoms with Gasteiger partial charge < -0.3 is 10.6 Å². The molecule has 2 aliphatic rings. The first-order valence-electron chi connectivity index (χ1n) is 8.14. The molecule has 1 aromatic heterocycles. The Balaban J connectivity index is 1.69. The minimum Gasteiger partial charge on any atom is -0.344 e. The van der Waals surface area contributed by atoms with Gasteiger partial charge in [0.1, 0.15) is 24.2 Å². The third-order valence-corrected chi connectivity index (χ3v) is 4.38. The summed E-state index contributed by atoms with van der Waals surface area (Å²) in [7, 11) is 0. The molecule has 1 atom stereocenters. The smallest absolute Gasteiger partial charge is 0.325 e. The van der Waals surface area contributed by atoms with E-state index in [1.54, 1.807) is 18.5 Å². The molecule has 1 aliphatic heterocycles. The lowest BCUT2D eigenvalue weighted by Crippen LogP contribution is -2.44. The molecule has 0 bridgehead atoms. The summed E-state index contributed by atoms with van der Waals surface area (Å²) in [4.78, 5) is 41.7. The molecule has 0 spiro atoms. The maximum absolute atomic E-state index is 12.4. The number of urea groups is 1. The Morgan fingerprint density at radius 2 is 2.17 bits per heavy atom. The van der Waals surface area contributed by atoms with Crippen LogP contribution in [0.15, 0.2) is 6.33 Å². The SMILES string of the molecule is CCn1ncnc1C(NC(=O)CN1C(=O)NC(C)(C)C1=O)C1CC1. The average Bonchev–Trinajstić information content (AvgIpc) is 3.21. The van der Waals surface area contributed by atoms with Crippen LogP contribution in [0.4, 0.5) is 4.79 Å². The van der Waals surface area contributed by atoms with E-state index in [4.69, 9.17) is 0 Å². The summed E-state index contributed by atoms with van der Waals surface area (Å²) in [5, 5.41) is 9.62. The number of nitrogens with zero attached hydrogens (tertiary/aromatic N) is 4. The maximum Gasteiger partial charge on any atom is 0.325 e. The average molecular weight is 334 g/mol. The van der Waals surface area contributed by atoms with Crippen molar-refractivity contribution in [1.82, 2.24) is 30.3 Å². The molecule has 0 aromatic carbocycles. The molecule has 2 fully saturated rings. The van der Waals surface area contributed by atoms with Crippen LogP contribution in [0.2, 0.25) is 0 Å². The topological polar surface area (TPSA) is 109 Å².